The molecule has 0 fully saturated rings. The topological polar surface area (TPSA) is 66.9 Å². The molecule has 0 atom stereocenters. The van der Waals surface area contributed by atoms with E-state index in [-0.39, 0.29) is 6.03 Å². The third-order valence-electron chi connectivity index (χ3n) is 2.26. The number of fused-ring (bicyclic) bond motifs is 1. The zero-order chi connectivity index (χ0) is 12.1. The van der Waals surface area contributed by atoms with E-state index in [9.17, 15) is 4.79 Å². The second kappa shape index (κ2) is 5.25. The number of carbonyl (C=O) groups is 1. The van der Waals surface area contributed by atoms with Gasteiger partial charge in [-0.1, -0.05) is 6.92 Å². The first-order valence-corrected chi connectivity index (χ1v) is 5.55. The second-order valence-electron chi connectivity index (χ2n) is 3.64. The van der Waals surface area contributed by atoms with E-state index in [1.807, 2.05) is 19.1 Å². The van der Waals surface area contributed by atoms with Crippen molar-refractivity contribution in [3.8, 4) is 0 Å². The third kappa shape index (κ3) is 2.90. The minimum absolute atomic E-state index is 0.199. The third-order valence-corrected chi connectivity index (χ3v) is 2.26. The normalized spacial score (nSPS) is 10.2. The van der Waals surface area contributed by atoms with E-state index in [1.54, 1.807) is 18.5 Å². The number of rotatable bonds is 3. The van der Waals surface area contributed by atoms with Crippen LogP contribution in [0.5, 0.6) is 0 Å². The summed E-state index contributed by atoms with van der Waals surface area (Å²) >= 11 is 0. The van der Waals surface area contributed by atoms with Gasteiger partial charge < -0.3 is 10.6 Å². The van der Waals surface area contributed by atoms with Gasteiger partial charge in [-0.3, -0.25) is 9.97 Å². The van der Waals surface area contributed by atoms with Crippen LogP contribution >= 0.6 is 0 Å². The zero-order valence-electron chi connectivity index (χ0n) is 9.60. The summed E-state index contributed by atoms with van der Waals surface area (Å²) in [5.74, 6) is 0. The van der Waals surface area contributed by atoms with E-state index in [1.165, 1.54) is 0 Å². The van der Waals surface area contributed by atoms with E-state index >= 15 is 0 Å². The molecule has 0 unspecified atom stereocenters. The van der Waals surface area contributed by atoms with Gasteiger partial charge in [-0.05, 0) is 24.6 Å². The summed E-state index contributed by atoms with van der Waals surface area (Å²) in [5, 5.41) is 5.49. The van der Waals surface area contributed by atoms with Crippen LogP contribution in [0, 0.1) is 0 Å². The molecule has 2 N–H and O–H groups in total. The maximum atomic E-state index is 11.4. The number of hydrogen-bond donors (Lipinski definition) is 2. The first kappa shape index (κ1) is 11.3. The maximum absolute atomic E-state index is 11.4. The highest BCUT2D eigenvalue weighted by atomic mass is 16.2. The molecule has 1 heterocycles. The van der Waals surface area contributed by atoms with Crippen molar-refractivity contribution < 1.29 is 4.79 Å². The Morgan fingerprint density at radius 3 is 2.76 bits per heavy atom. The number of amides is 2. The summed E-state index contributed by atoms with van der Waals surface area (Å²) < 4.78 is 0. The average Bonchev–Trinajstić information content (AvgIpc) is 2.36. The van der Waals surface area contributed by atoms with Gasteiger partial charge >= 0.3 is 6.03 Å². The molecule has 5 nitrogen and oxygen atoms in total. The van der Waals surface area contributed by atoms with Gasteiger partial charge in [-0.15, -0.1) is 0 Å². The molecule has 88 valence electrons. The minimum Gasteiger partial charge on any atom is -0.338 e. The lowest BCUT2D eigenvalue weighted by Gasteiger charge is -2.06. The lowest BCUT2D eigenvalue weighted by Crippen LogP contribution is -2.29. The number of urea groups is 1. The quantitative estimate of drug-likeness (QED) is 0.849. The van der Waals surface area contributed by atoms with Gasteiger partial charge in [0.25, 0.3) is 0 Å². The van der Waals surface area contributed by atoms with Crippen molar-refractivity contribution >= 4 is 22.8 Å². The molecule has 5 heteroatoms. The lowest BCUT2D eigenvalue weighted by molar-refractivity contribution is 0.252. The molecule has 2 amide bonds. The number of aromatic nitrogens is 2. The van der Waals surface area contributed by atoms with Crippen LogP contribution in [0.15, 0.2) is 30.6 Å². The lowest BCUT2D eigenvalue weighted by atomic mass is 10.2. The van der Waals surface area contributed by atoms with Crippen molar-refractivity contribution in [3.05, 3.63) is 30.6 Å². The molecule has 0 aliphatic heterocycles. The molecule has 1 aromatic heterocycles. The molecule has 0 bridgehead atoms. The molecule has 0 aliphatic carbocycles. The molecule has 17 heavy (non-hydrogen) atoms. The zero-order valence-corrected chi connectivity index (χ0v) is 9.60. The van der Waals surface area contributed by atoms with Gasteiger partial charge in [0.2, 0.25) is 0 Å². The molecule has 0 saturated heterocycles. The molecule has 0 radical (unpaired) electrons. The Morgan fingerprint density at radius 1 is 1.24 bits per heavy atom. The van der Waals surface area contributed by atoms with Crippen molar-refractivity contribution in [2.24, 2.45) is 0 Å². The Bertz CT molecular complexity index is 527. The summed E-state index contributed by atoms with van der Waals surface area (Å²) in [7, 11) is 0. The van der Waals surface area contributed by atoms with E-state index in [4.69, 9.17) is 0 Å². The molecule has 0 aliphatic rings. The van der Waals surface area contributed by atoms with Crippen molar-refractivity contribution in [2.45, 2.75) is 13.3 Å². The first-order valence-electron chi connectivity index (χ1n) is 5.55. The number of hydrogen-bond acceptors (Lipinski definition) is 3. The van der Waals surface area contributed by atoms with Gasteiger partial charge in [0, 0.05) is 24.6 Å². The molecule has 2 aromatic rings. The highest BCUT2D eigenvalue weighted by molar-refractivity contribution is 5.91. The highest BCUT2D eigenvalue weighted by Gasteiger charge is 2.02. The number of carbonyl (C=O) groups excluding carboxylic acids is 1. The van der Waals surface area contributed by atoms with Gasteiger partial charge in [0.1, 0.15) is 0 Å². The molecule has 1 aromatic carbocycles. The SMILES string of the molecule is CCCNC(=O)Nc1ccc2nccnc2c1. The summed E-state index contributed by atoms with van der Waals surface area (Å²) in [6, 6.07) is 5.24. The average molecular weight is 230 g/mol. The maximum Gasteiger partial charge on any atom is 0.319 e. The van der Waals surface area contributed by atoms with Crippen LogP contribution in [0.2, 0.25) is 0 Å². The Balaban J connectivity index is 2.11. The Kier molecular flexibility index (Phi) is 3.49. The summed E-state index contributed by atoms with van der Waals surface area (Å²) in [5.41, 5.74) is 2.29. The van der Waals surface area contributed by atoms with Gasteiger partial charge in [0.05, 0.1) is 11.0 Å². The molecule has 2 rings (SSSR count). The number of benzene rings is 1. The van der Waals surface area contributed by atoms with E-state index in [2.05, 4.69) is 20.6 Å². The van der Waals surface area contributed by atoms with Gasteiger partial charge in [0.15, 0.2) is 0 Å². The Hall–Kier alpha value is -2.17. The molecule has 0 saturated carbocycles. The molecular formula is C12H14N4O. The smallest absolute Gasteiger partial charge is 0.319 e. The van der Waals surface area contributed by atoms with Crippen LogP contribution < -0.4 is 10.6 Å². The van der Waals surface area contributed by atoms with Gasteiger partial charge in [-0.2, -0.15) is 0 Å². The van der Waals surface area contributed by atoms with Crippen LogP contribution in [0.3, 0.4) is 0 Å². The predicted molar refractivity (Wildman–Crippen MR) is 66.9 cm³/mol. The fourth-order valence-corrected chi connectivity index (χ4v) is 1.45. The highest BCUT2D eigenvalue weighted by Crippen LogP contribution is 2.14. The van der Waals surface area contributed by atoms with Crippen LogP contribution in [0.1, 0.15) is 13.3 Å². The monoisotopic (exact) mass is 230 g/mol. The fraction of sp³-hybridized carbons (Fsp3) is 0.250. The number of nitrogens with zero attached hydrogens (tertiary/aromatic N) is 2. The standard InChI is InChI=1S/C12H14N4O/c1-2-5-15-12(17)16-9-3-4-10-11(8-9)14-7-6-13-10/h3-4,6-8H,2,5H2,1H3,(H2,15,16,17). The van der Waals surface area contributed by atoms with Crippen molar-refractivity contribution in [3.63, 3.8) is 0 Å². The summed E-state index contributed by atoms with van der Waals surface area (Å²) in [6.07, 6.45) is 4.18. The largest absolute Gasteiger partial charge is 0.338 e. The number of nitrogens with one attached hydrogen (secondary N) is 2. The van der Waals surface area contributed by atoms with Crippen molar-refractivity contribution in [1.82, 2.24) is 15.3 Å². The predicted octanol–water partition coefficient (Wildman–Crippen LogP) is 2.16. The van der Waals surface area contributed by atoms with E-state index in [0.29, 0.717) is 12.2 Å². The molecule has 0 spiro atoms. The Labute approximate surface area is 99.3 Å². The summed E-state index contributed by atoms with van der Waals surface area (Å²) in [4.78, 5) is 19.8. The molecular weight excluding hydrogens is 216 g/mol. The second-order valence-corrected chi connectivity index (χ2v) is 3.64. The van der Waals surface area contributed by atoms with E-state index in [0.717, 1.165) is 17.5 Å². The fourth-order valence-electron chi connectivity index (χ4n) is 1.45. The van der Waals surface area contributed by atoms with Crippen molar-refractivity contribution in [1.29, 1.82) is 0 Å². The first-order chi connectivity index (χ1) is 8.29. The minimum atomic E-state index is -0.199. The summed E-state index contributed by atoms with van der Waals surface area (Å²) in [6.45, 7) is 2.67. The van der Waals surface area contributed by atoms with Gasteiger partial charge in [-0.25, -0.2) is 4.79 Å². The van der Waals surface area contributed by atoms with Crippen LogP contribution in [-0.2, 0) is 0 Å². The van der Waals surface area contributed by atoms with E-state index < -0.39 is 0 Å². The van der Waals surface area contributed by atoms with Crippen LogP contribution in [-0.4, -0.2) is 22.5 Å². The van der Waals surface area contributed by atoms with Crippen LogP contribution in [0.4, 0.5) is 10.5 Å². The van der Waals surface area contributed by atoms with Crippen molar-refractivity contribution in [2.75, 3.05) is 11.9 Å². The van der Waals surface area contributed by atoms with Crippen LogP contribution in [0.25, 0.3) is 11.0 Å². The number of anilines is 1. The Morgan fingerprint density at radius 2 is 2.00 bits per heavy atom.